The van der Waals surface area contributed by atoms with Gasteiger partial charge in [0.2, 0.25) is 0 Å². The summed E-state index contributed by atoms with van der Waals surface area (Å²) in [7, 11) is 0. The van der Waals surface area contributed by atoms with Gasteiger partial charge in [0.05, 0.1) is 4.88 Å². The summed E-state index contributed by atoms with van der Waals surface area (Å²) in [5.74, 6) is 0. The molecule has 1 atom stereocenters. The monoisotopic (exact) mass is 392 g/mol. The largest absolute Gasteiger partial charge is 0.381 e. The minimum atomic E-state index is -1.02. The fraction of sp³-hybridized carbons (Fsp3) is 0.0909. The first kappa shape index (κ1) is 16.2. The van der Waals surface area contributed by atoms with E-state index in [4.69, 9.17) is 0 Å². The van der Waals surface area contributed by atoms with Crippen molar-refractivity contribution in [3.63, 3.8) is 0 Å². The molecule has 2 aromatic carbocycles. The van der Waals surface area contributed by atoms with Crippen LogP contribution < -0.4 is 0 Å². The van der Waals surface area contributed by atoms with Gasteiger partial charge in [-0.1, -0.05) is 36.4 Å². The standard InChI is InChI=1S/C22H16OS3/c1-22(23,17-10-12-25-21(17)19-7-4-11-24-19)14-8-9-16-15-5-2-3-6-18(15)26-20(16)13-14/h2-13,23H,1H3. The van der Waals surface area contributed by atoms with Crippen molar-refractivity contribution in [2.75, 3.05) is 0 Å². The maximum Gasteiger partial charge on any atom is 0.113 e. The maximum atomic E-state index is 11.5. The fourth-order valence-electron chi connectivity index (χ4n) is 3.48. The molecule has 26 heavy (non-hydrogen) atoms. The third-order valence-corrected chi connectivity index (χ3v) is 7.97. The van der Waals surface area contributed by atoms with Crippen LogP contribution in [-0.2, 0) is 5.60 Å². The van der Waals surface area contributed by atoms with E-state index in [1.165, 1.54) is 25.0 Å². The van der Waals surface area contributed by atoms with Crippen molar-refractivity contribution in [3.05, 3.63) is 82.6 Å². The number of benzene rings is 2. The second kappa shape index (κ2) is 6.03. The molecule has 0 aliphatic heterocycles. The van der Waals surface area contributed by atoms with Gasteiger partial charge in [-0.15, -0.1) is 34.0 Å². The molecule has 0 radical (unpaired) electrons. The van der Waals surface area contributed by atoms with E-state index in [2.05, 4.69) is 71.4 Å². The molecule has 1 nitrogen and oxygen atoms in total. The molecule has 1 unspecified atom stereocenters. The Balaban J connectivity index is 1.67. The predicted molar refractivity (Wildman–Crippen MR) is 116 cm³/mol. The highest BCUT2D eigenvalue weighted by Crippen LogP contribution is 2.43. The Morgan fingerprint density at radius 1 is 0.808 bits per heavy atom. The van der Waals surface area contributed by atoms with Crippen molar-refractivity contribution in [1.82, 2.24) is 0 Å². The topological polar surface area (TPSA) is 20.2 Å². The highest BCUT2D eigenvalue weighted by molar-refractivity contribution is 7.25. The smallest absolute Gasteiger partial charge is 0.113 e. The Labute approximate surface area is 163 Å². The Hall–Kier alpha value is -1.98. The van der Waals surface area contributed by atoms with Crippen molar-refractivity contribution in [2.45, 2.75) is 12.5 Å². The minimum absolute atomic E-state index is 0.938. The van der Waals surface area contributed by atoms with E-state index in [1.54, 1.807) is 34.0 Å². The van der Waals surface area contributed by atoms with Crippen LogP contribution in [0.5, 0.6) is 0 Å². The van der Waals surface area contributed by atoms with E-state index in [-0.39, 0.29) is 0 Å². The molecule has 3 heterocycles. The molecule has 0 aliphatic rings. The van der Waals surface area contributed by atoms with E-state index < -0.39 is 5.60 Å². The molecule has 0 amide bonds. The number of aliphatic hydroxyl groups is 1. The third-order valence-electron chi connectivity index (χ3n) is 4.88. The molecule has 4 heteroatoms. The first-order valence-corrected chi connectivity index (χ1v) is 11.0. The molecular formula is C22H16OS3. The lowest BCUT2D eigenvalue weighted by Gasteiger charge is -2.25. The summed E-state index contributed by atoms with van der Waals surface area (Å²) in [6.45, 7) is 1.90. The third kappa shape index (κ3) is 2.45. The van der Waals surface area contributed by atoms with Crippen molar-refractivity contribution in [1.29, 1.82) is 0 Å². The molecule has 128 valence electrons. The second-order valence-corrected chi connectivity index (χ2v) is 9.47. The summed E-state index contributed by atoms with van der Waals surface area (Å²) >= 11 is 5.19. The summed E-state index contributed by atoms with van der Waals surface area (Å²) in [4.78, 5) is 2.36. The predicted octanol–water partition coefficient (Wildman–Crippen LogP) is 7.10. The van der Waals surface area contributed by atoms with Crippen LogP contribution >= 0.6 is 34.0 Å². The lowest BCUT2D eigenvalue weighted by Crippen LogP contribution is -2.22. The van der Waals surface area contributed by atoms with Gasteiger partial charge in [-0.2, -0.15) is 0 Å². The number of thiophene rings is 3. The zero-order valence-corrected chi connectivity index (χ0v) is 16.5. The Kier molecular flexibility index (Phi) is 3.76. The lowest BCUT2D eigenvalue weighted by molar-refractivity contribution is 0.103. The van der Waals surface area contributed by atoms with Crippen molar-refractivity contribution >= 4 is 54.2 Å². The summed E-state index contributed by atoms with van der Waals surface area (Å²) in [5, 5.41) is 18.2. The zero-order valence-electron chi connectivity index (χ0n) is 14.1. The van der Waals surface area contributed by atoms with Crippen LogP contribution in [0.4, 0.5) is 0 Å². The van der Waals surface area contributed by atoms with Gasteiger partial charge in [0.1, 0.15) is 5.60 Å². The molecule has 5 rings (SSSR count). The van der Waals surface area contributed by atoms with Gasteiger partial charge in [0.15, 0.2) is 0 Å². The van der Waals surface area contributed by atoms with E-state index in [0.29, 0.717) is 0 Å². The van der Waals surface area contributed by atoms with Gasteiger partial charge in [-0.3, -0.25) is 0 Å². The van der Waals surface area contributed by atoms with Gasteiger partial charge in [0.25, 0.3) is 0 Å². The SMILES string of the molecule is CC(O)(c1ccc2c(c1)sc1ccccc12)c1ccsc1-c1cccs1. The second-order valence-electron chi connectivity index (χ2n) is 6.52. The molecule has 0 fully saturated rings. The highest BCUT2D eigenvalue weighted by atomic mass is 32.1. The van der Waals surface area contributed by atoms with E-state index in [0.717, 1.165) is 16.0 Å². The lowest BCUT2D eigenvalue weighted by atomic mass is 9.88. The highest BCUT2D eigenvalue weighted by Gasteiger charge is 2.30. The van der Waals surface area contributed by atoms with Gasteiger partial charge >= 0.3 is 0 Å². The molecule has 0 spiro atoms. The molecule has 0 bridgehead atoms. The van der Waals surface area contributed by atoms with Gasteiger partial charge in [-0.25, -0.2) is 0 Å². The Morgan fingerprint density at radius 3 is 2.50 bits per heavy atom. The van der Waals surface area contributed by atoms with E-state index in [1.807, 2.05) is 6.92 Å². The molecular weight excluding hydrogens is 376 g/mol. The molecule has 0 saturated carbocycles. The molecule has 3 aromatic heterocycles. The maximum absolute atomic E-state index is 11.5. The van der Waals surface area contributed by atoms with Crippen LogP contribution in [0.1, 0.15) is 18.1 Å². The Morgan fingerprint density at radius 2 is 1.65 bits per heavy atom. The first-order valence-electron chi connectivity index (χ1n) is 8.40. The number of hydrogen-bond donors (Lipinski definition) is 1. The summed E-state index contributed by atoms with van der Waals surface area (Å²) < 4.78 is 2.51. The summed E-state index contributed by atoms with van der Waals surface area (Å²) in [5.41, 5.74) is 0.891. The normalized spacial score (nSPS) is 14.1. The summed E-state index contributed by atoms with van der Waals surface area (Å²) in [6.07, 6.45) is 0. The quantitative estimate of drug-likeness (QED) is 0.347. The van der Waals surface area contributed by atoms with Crippen LogP contribution in [0.2, 0.25) is 0 Å². The average molecular weight is 393 g/mol. The minimum Gasteiger partial charge on any atom is -0.381 e. The van der Waals surface area contributed by atoms with Crippen molar-refractivity contribution in [3.8, 4) is 9.75 Å². The first-order chi connectivity index (χ1) is 12.6. The van der Waals surface area contributed by atoms with Crippen LogP contribution in [-0.4, -0.2) is 5.11 Å². The average Bonchev–Trinajstić information content (AvgIpc) is 3.38. The zero-order chi connectivity index (χ0) is 17.7. The van der Waals surface area contributed by atoms with Crippen molar-refractivity contribution in [2.24, 2.45) is 0 Å². The summed E-state index contributed by atoms with van der Waals surface area (Å²) in [6, 6.07) is 21.1. The van der Waals surface area contributed by atoms with Crippen molar-refractivity contribution < 1.29 is 5.11 Å². The van der Waals surface area contributed by atoms with Crippen LogP contribution in [0, 0.1) is 0 Å². The van der Waals surface area contributed by atoms with Gasteiger partial charge < -0.3 is 5.11 Å². The molecule has 0 aliphatic carbocycles. The molecule has 0 saturated heterocycles. The Bertz CT molecular complexity index is 1210. The van der Waals surface area contributed by atoms with Crippen LogP contribution in [0.15, 0.2) is 71.4 Å². The number of rotatable bonds is 3. The van der Waals surface area contributed by atoms with Crippen LogP contribution in [0.25, 0.3) is 29.9 Å². The van der Waals surface area contributed by atoms with Gasteiger partial charge in [0, 0.05) is 30.6 Å². The van der Waals surface area contributed by atoms with E-state index >= 15 is 0 Å². The number of fused-ring (bicyclic) bond motifs is 3. The molecule has 5 aromatic rings. The number of hydrogen-bond acceptors (Lipinski definition) is 4. The van der Waals surface area contributed by atoms with Gasteiger partial charge in [-0.05, 0) is 47.5 Å². The van der Waals surface area contributed by atoms with Crippen LogP contribution in [0.3, 0.4) is 0 Å². The molecule has 1 N–H and O–H groups in total. The van der Waals surface area contributed by atoms with E-state index in [9.17, 15) is 5.11 Å². The fourth-order valence-corrected chi connectivity index (χ4v) is 6.51.